The van der Waals surface area contributed by atoms with E-state index in [1.807, 2.05) is 13.3 Å². The van der Waals surface area contributed by atoms with Gasteiger partial charge in [0, 0.05) is 51.7 Å². The molecule has 39 heavy (non-hydrogen) atoms. The topological polar surface area (TPSA) is 158 Å². The summed E-state index contributed by atoms with van der Waals surface area (Å²) < 4.78 is 5.68. The van der Waals surface area contributed by atoms with Crippen LogP contribution in [0.3, 0.4) is 0 Å². The largest absolute Gasteiger partial charge is 0.480 e. The predicted octanol–water partition coefficient (Wildman–Crippen LogP) is 1.90. The number of rotatable bonds is 7. The lowest BCUT2D eigenvalue weighted by molar-refractivity contribution is -0.141. The number of hydrogen-bond acceptors (Lipinski definition) is 10. The Kier molecular flexibility index (Phi) is 10.8. The maximum Gasteiger partial charge on any atom is 0.412 e. The molecule has 1 fully saturated rings. The highest BCUT2D eigenvalue weighted by Gasteiger charge is 2.44. The Balaban J connectivity index is 0.000000298. The third-order valence-corrected chi connectivity index (χ3v) is 6.70. The van der Waals surface area contributed by atoms with E-state index < -0.39 is 30.2 Å². The minimum absolute atomic E-state index is 0.144. The first-order valence-corrected chi connectivity index (χ1v) is 13.8. The number of pyridine rings is 1. The third-order valence-electron chi connectivity index (χ3n) is 5.84. The highest BCUT2D eigenvalue weighted by atomic mass is 35.5. The molecule has 2 aliphatic rings. The SMILES string of the molecule is CN1CCN(C(=O)OC2c3nccnc3C(=O)N2c2ccc(Cl)cn2)CC1.CSCC[C@@H](NC(C)=O)C(=O)O. The first kappa shape index (κ1) is 30.1. The molecule has 0 spiro atoms. The van der Waals surface area contributed by atoms with Gasteiger partial charge in [0.05, 0.1) is 5.02 Å². The summed E-state index contributed by atoms with van der Waals surface area (Å²) in [7, 11) is 2.00. The van der Waals surface area contributed by atoms with Crippen molar-refractivity contribution in [3.05, 3.63) is 47.1 Å². The molecule has 3 amide bonds. The van der Waals surface area contributed by atoms with Crippen molar-refractivity contribution in [2.45, 2.75) is 25.6 Å². The number of anilines is 1. The summed E-state index contributed by atoms with van der Waals surface area (Å²) in [6.07, 6.45) is 5.15. The molecule has 4 heterocycles. The van der Waals surface area contributed by atoms with Crippen LogP contribution in [-0.4, -0.2) is 105 Å². The fraction of sp³-hybridized carbons (Fsp3) is 0.458. The van der Waals surface area contributed by atoms with Crippen molar-refractivity contribution in [3.63, 3.8) is 0 Å². The molecule has 0 bridgehead atoms. The predicted molar refractivity (Wildman–Crippen MR) is 145 cm³/mol. The number of likely N-dealkylation sites (N-methyl/N-ethyl adjacent to an activating group) is 1. The number of aliphatic carboxylic acids is 1. The molecular formula is C24H30ClN7O6S. The Morgan fingerprint density at radius 2 is 1.87 bits per heavy atom. The Labute approximate surface area is 234 Å². The van der Waals surface area contributed by atoms with Gasteiger partial charge in [-0.2, -0.15) is 11.8 Å². The minimum atomic E-state index is -1.03. The first-order valence-electron chi connectivity index (χ1n) is 12.0. The molecule has 2 aliphatic heterocycles. The van der Waals surface area contributed by atoms with E-state index in [9.17, 15) is 19.2 Å². The molecule has 2 atom stereocenters. The zero-order valence-corrected chi connectivity index (χ0v) is 23.3. The van der Waals surface area contributed by atoms with Crippen LogP contribution in [0.25, 0.3) is 0 Å². The molecule has 13 nitrogen and oxygen atoms in total. The van der Waals surface area contributed by atoms with Crippen molar-refractivity contribution >= 4 is 53.1 Å². The number of thioether (sulfide) groups is 1. The molecular weight excluding hydrogens is 550 g/mol. The highest BCUT2D eigenvalue weighted by Crippen LogP contribution is 2.35. The van der Waals surface area contributed by atoms with E-state index in [1.54, 1.807) is 28.8 Å². The number of nitrogens with one attached hydrogen (secondary N) is 1. The van der Waals surface area contributed by atoms with Gasteiger partial charge in [0.15, 0.2) is 5.69 Å². The molecule has 2 aromatic heterocycles. The molecule has 15 heteroatoms. The third kappa shape index (κ3) is 8.00. The summed E-state index contributed by atoms with van der Waals surface area (Å²) in [5.41, 5.74) is 0.437. The van der Waals surface area contributed by atoms with Crippen LogP contribution >= 0.6 is 23.4 Å². The van der Waals surface area contributed by atoms with E-state index in [0.29, 0.717) is 36.0 Å². The molecule has 4 rings (SSSR count). The summed E-state index contributed by atoms with van der Waals surface area (Å²) in [5.74, 6) is -0.663. The fourth-order valence-corrected chi connectivity index (χ4v) is 4.36. The maximum atomic E-state index is 12.8. The molecule has 0 saturated carbocycles. The van der Waals surface area contributed by atoms with Gasteiger partial charge in [0.1, 0.15) is 17.6 Å². The summed E-state index contributed by atoms with van der Waals surface area (Å²) in [6, 6.07) is 2.46. The molecule has 1 saturated heterocycles. The number of amides is 3. The number of aromatic nitrogens is 3. The normalized spacial score (nSPS) is 17.5. The van der Waals surface area contributed by atoms with Crippen LogP contribution in [-0.2, 0) is 14.3 Å². The van der Waals surface area contributed by atoms with Gasteiger partial charge in [-0.15, -0.1) is 0 Å². The number of carboxylic acids is 1. The van der Waals surface area contributed by atoms with E-state index in [2.05, 4.69) is 25.2 Å². The smallest absolute Gasteiger partial charge is 0.412 e. The molecule has 210 valence electrons. The Hall–Kier alpha value is -3.49. The van der Waals surface area contributed by atoms with Crippen molar-refractivity contribution in [3.8, 4) is 0 Å². The highest BCUT2D eigenvalue weighted by molar-refractivity contribution is 7.98. The summed E-state index contributed by atoms with van der Waals surface area (Å²) in [6.45, 7) is 3.95. The maximum absolute atomic E-state index is 12.8. The molecule has 2 N–H and O–H groups in total. The number of fused-ring (bicyclic) bond motifs is 1. The van der Waals surface area contributed by atoms with Crippen molar-refractivity contribution < 1.29 is 29.0 Å². The Bertz CT molecular complexity index is 1180. The van der Waals surface area contributed by atoms with Crippen LogP contribution in [0.5, 0.6) is 0 Å². The van der Waals surface area contributed by atoms with Crippen LogP contribution in [0, 0.1) is 0 Å². The Morgan fingerprint density at radius 1 is 1.18 bits per heavy atom. The lowest BCUT2D eigenvalue weighted by Gasteiger charge is -2.33. The minimum Gasteiger partial charge on any atom is -0.480 e. The number of hydrogen-bond donors (Lipinski definition) is 2. The van der Waals surface area contributed by atoms with Crippen LogP contribution in [0.1, 0.15) is 35.8 Å². The summed E-state index contributed by atoms with van der Waals surface area (Å²) in [5, 5.41) is 11.4. The number of carbonyl (C=O) groups excluding carboxylic acids is 3. The average molecular weight is 580 g/mol. The summed E-state index contributed by atoms with van der Waals surface area (Å²) >= 11 is 7.45. The molecule has 2 aromatic rings. The number of ether oxygens (including phenoxy) is 1. The van der Waals surface area contributed by atoms with E-state index in [0.717, 1.165) is 18.8 Å². The van der Waals surface area contributed by atoms with Gasteiger partial charge in [0.25, 0.3) is 5.91 Å². The zero-order valence-electron chi connectivity index (χ0n) is 21.7. The Morgan fingerprint density at radius 3 is 2.46 bits per heavy atom. The van der Waals surface area contributed by atoms with Gasteiger partial charge < -0.3 is 25.0 Å². The molecule has 0 aromatic carbocycles. The zero-order chi connectivity index (χ0) is 28.5. The van der Waals surface area contributed by atoms with Gasteiger partial charge in [-0.1, -0.05) is 11.6 Å². The van der Waals surface area contributed by atoms with E-state index >= 15 is 0 Å². The molecule has 0 radical (unpaired) electrons. The second kappa shape index (κ2) is 14.1. The van der Waals surface area contributed by atoms with E-state index in [1.165, 1.54) is 30.4 Å². The van der Waals surface area contributed by atoms with Gasteiger partial charge in [-0.3, -0.25) is 14.6 Å². The summed E-state index contributed by atoms with van der Waals surface area (Å²) in [4.78, 5) is 64.1. The van der Waals surface area contributed by atoms with Crippen molar-refractivity contribution in [2.24, 2.45) is 0 Å². The number of carbonyl (C=O) groups is 4. The van der Waals surface area contributed by atoms with Crippen LogP contribution in [0.15, 0.2) is 30.7 Å². The lowest BCUT2D eigenvalue weighted by atomic mass is 10.2. The van der Waals surface area contributed by atoms with Gasteiger partial charge in [-0.25, -0.2) is 24.5 Å². The standard InChI is InChI=1S/C17H17ClN6O3.C7H13NO3S/c1-22-6-8-23(9-7-22)17(26)27-16-14-13(19-4-5-20-14)15(25)24(16)12-3-2-11(18)10-21-12;1-5(9)8-6(7(10)11)3-4-12-2/h2-5,10,16H,6-9H2,1H3;6H,3-4H2,1-2H3,(H,8,9)(H,10,11)/t;6-/m.1/s1. The van der Waals surface area contributed by atoms with Gasteiger partial charge in [-0.05, 0) is 37.6 Å². The van der Waals surface area contributed by atoms with E-state index in [4.69, 9.17) is 21.4 Å². The van der Waals surface area contributed by atoms with Crippen molar-refractivity contribution in [2.75, 3.05) is 50.1 Å². The second-order valence-electron chi connectivity index (χ2n) is 8.70. The number of carboxylic acid groups (broad SMARTS) is 1. The molecule has 0 aliphatic carbocycles. The van der Waals surface area contributed by atoms with Crippen molar-refractivity contribution in [1.82, 2.24) is 30.1 Å². The van der Waals surface area contributed by atoms with Crippen LogP contribution < -0.4 is 10.2 Å². The first-order chi connectivity index (χ1) is 18.6. The second-order valence-corrected chi connectivity index (χ2v) is 10.1. The van der Waals surface area contributed by atoms with Crippen LogP contribution in [0.4, 0.5) is 10.6 Å². The van der Waals surface area contributed by atoms with Gasteiger partial charge >= 0.3 is 12.1 Å². The van der Waals surface area contributed by atoms with E-state index in [-0.39, 0.29) is 11.6 Å². The number of halogens is 1. The molecule has 1 unspecified atom stereocenters. The van der Waals surface area contributed by atoms with Gasteiger partial charge in [0.2, 0.25) is 12.1 Å². The monoisotopic (exact) mass is 579 g/mol. The van der Waals surface area contributed by atoms with Crippen LogP contribution in [0.2, 0.25) is 5.02 Å². The average Bonchev–Trinajstić information content (AvgIpc) is 3.18. The van der Waals surface area contributed by atoms with Crippen molar-refractivity contribution in [1.29, 1.82) is 0 Å². The number of piperazine rings is 1. The lowest BCUT2D eigenvalue weighted by Crippen LogP contribution is -2.48. The quantitative estimate of drug-likeness (QED) is 0.493. The fourth-order valence-electron chi connectivity index (χ4n) is 3.78. The number of nitrogens with zero attached hydrogens (tertiary/aromatic N) is 6.